The quantitative estimate of drug-likeness (QED) is 0.845. The van der Waals surface area contributed by atoms with Crippen LogP contribution < -0.4 is 11.5 Å². The van der Waals surface area contributed by atoms with Crippen LogP contribution in [-0.2, 0) is 0 Å². The van der Waals surface area contributed by atoms with Crippen molar-refractivity contribution in [2.75, 3.05) is 13.1 Å². The fourth-order valence-electron chi connectivity index (χ4n) is 1.10. The van der Waals surface area contributed by atoms with Crippen LogP contribution >= 0.6 is 24.8 Å². The number of hydrogen-bond acceptors (Lipinski definition) is 2. The smallest absolute Gasteiger partial charge is 0.123 e. The summed E-state index contributed by atoms with van der Waals surface area (Å²) in [5.74, 6) is -0.0860. The normalized spacial score (nSPS) is 9.14. The lowest BCUT2D eigenvalue weighted by molar-refractivity contribution is 0.624. The second-order valence-electron chi connectivity index (χ2n) is 2.72. The predicted molar refractivity (Wildman–Crippen MR) is 61.7 cm³/mol. The maximum atomic E-state index is 12.5. The van der Waals surface area contributed by atoms with E-state index < -0.39 is 0 Å². The van der Waals surface area contributed by atoms with Gasteiger partial charge in [-0.1, -0.05) is 12.1 Å². The van der Waals surface area contributed by atoms with Gasteiger partial charge in [-0.2, -0.15) is 0 Å². The summed E-state index contributed by atoms with van der Waals surface area (Å²) in [4.78, 5) is 0. The average Bonchev–Trinajstić information content (AvgIpc) is 2.10. The summed E-state index contributed by atoms with van der Waals surface area (Å²) in [7, 11) is 0. The Morgan fingerprint density at radius 1 is 1.00 bits per heavy atom. The average molecular weight is 241 g/mol. The SMILES string of the molecule is Cl.Cl.NCC(CN)c1ccc(F)cc1. The Hall–Kier alpha value is -0.350. The third-order valence-corrected chi connectivity index (χ3v) is 1.91. The second kappa shape index (κ2) is 8.00. The van der Waals surface area contributed by atoms with Crippen molar-refractivity contribution in [3.63, 3.8) is 0 Å². The highest BCUT2D eigenvalue weighted by Crippen LogP contribution is 2.13. The summed E-state index contributed by atoms with van der Waals surface area (Å²) in [6.07, 6.45) is 0. The molecule has 82 valence electrons. The number of halogens is 3. The van der Waals surface area contributed by atoms with Gasteiger partial charge in [0.25, 0.3) is 0 Å². The van der Waals surface area contributed by atoms with Gasteiger partial charge in [-0.15, -0.1) is 24.8 Å². The van der Waals surface area contributed by atoms with E-state index in [9.17, 15) is 4.39 Å². The first-order valence-corrected chi connectivity index (χ1v) is 3.93. The van der Waals surface area contributed by atoms with Gasteiger partial charge in [-0.3, -0.25) is 0 Å². The van der Waals surface area contributed by atoms with Crippen molar-refractivity contribution >= 4 is 24.8 Å². The van der Waals surface area contributed by atoms with Gasteiger partial charge >= 0.3 is 0 Å². The lowest BCUT2D eigenvalue weighted by atomic mass is 10.00. The molecule has 1 aromatic rings. The maximum absolute atomic E-state index is 12.5. The maximum Gasteiger partial charge on any atom is 0.123 e. The first-order chi connectivity index (χ1) is 5.77. The first kappa shape index (κ1) is 16.1. The van der Waals surface area contributed by atoms with Crippen LogP contribution in [0.15, 0.2) is 24.3 Å². The van der Waals surface area contributed by atoms with Gasteiger partial charge in [0.05, 0.1) is 0 Å². The highest BCUT2D eigenvalue weighted by Gasteiger charge is 2.06. The van der Waals surface area contributed by atoms with Crippen LogP contribution in [0.1, 0.15) is 11.5 Å². The van der Waals surface area contributed by atoms with Gasteiger partial charge in [0.2, 0.25) is 0 Å². The molecule has 0 saturated carbocycles. The molecule has 0 fully saturated rings. The molecule has 0 heterocycles. The van der Waals surface area contributed by atoms with Crippen molar-refractivity contribution in [3.05, 3.63) is 35.6 Å². The molecule has 2 nitrogen and oxygen atoms in total. The molecule has 0 aromatic heterocycles. The number of rotatable bonds is 3. The summed E-state index contributed by atoms with van der Waals surface area (Å²) < 4.78 is 12.5. The van der Waals surface area contributed by atoms with E-state index in [1.54, 1.807) is 12.1 Å². The zero-order chi connectivity index (χ0) is 8.97. The summed E-state index contributed by atoms with van der Waals surface area (Å²) >= 11 is 0. The molecule has 14 heavy (non-hydrogen) atoms. The Morgan fingerprint density at radius 2 is 1.43 bits per heavy atom. The number of hydrogen-bond donors (Lipinski definition) is 2. The Bertz CT molecular complexity index is 237. The Balaban J connectivity index is 0. The lowest BCUT2D eigenvalue weighted by Gasteiger charge is -2.11. The van der Waals surface area contributed by atoms with Crippen molar-refractivity contribution in [1.29, 1.82) is 0 Å². The summed E-state index contributed by atoms with van der Waals surface area (Å²) in [5.41, 5.74) is 12.0. The Kier molecular flexibility index (Phi) is 9.20. The van der Waals surface area contributed by atoms with Crippen LogP contribution in [0.25, 0.3) is 0 Å². The van der Waals surface area contributed by atoms with E-state index in [-0.39, 0.29) is 36.5 Å². The molecular formula is C9H15Cl2FN2. The molecule has 0 spiro atoms. The molecule has 1 aromatic carbocycles. The monoisotopic (exact) mass is 240 g/mol. The van der Waals surface area contributed by atoms with Crippen LogP contribution in [0.2, 0.25) is 0 Å². The predicted octanol–water partition coefficient (Wildman–Crippen LogP) is 1.67. The molecule has 0 radical (unpaired) electrons. The van der Waals surface area contributed by atoms with Crippen molar-refractivity contribution in [2.45, 2.75) is 5.92 Å². The van der Waals surface area contributed by atoms with Crippen molar-refractivity contribution in [2.24, 2.45) is 11.5 Å². The van der Waals surface area contributed by atoms with E-state index in [0.29, 0.717) is 13.1 Å². The fourth-order valence-corrected chi connectivity index (χ4v) is 1.10. The minimum atomic E-state index is -0.230. The second-order valence-corrected chi connectivity index (χ2v) is 2.72. The number of nitrogens with two attached hydrogens (primary N) is 2. The third-order valence-electron chi connectivity index (χ3n) is 1.91. The summed E-state index contributed by atoms with van der Waals surface area (Å²) in [6.45, 7) is 1.00. The van der Waals surface area contributed by atoms with Crippen LogP contribution in [0.5, 0.6) is 0 Å². The molecule has 0 bridgehead atoms. The molecule has 0 aliphatic carbocycles. The molecule has 0 unspecified atom stereocenters. The van der Waals surface area contributed by atoms with Crippen molar-refractivity contribution < 1.29 is 4.39 Å². The third kappa shape index (κ3) is 4.24. The van der Waals surface area contributed by atoms with E-state index in [2.05, 4.69) is 0 Å². The standard InChI is InChI=1S/C9H13FN2.2ClH/c10-9-3-1-7(2-4-9)8(5-11)6-12;;/h1-4,8H,5-6,11-12H2;2*1H. The molecule has 4 N–H and O–H groups in total. The van der Waals surface area contributed by atoms with Crippen LogP contribution in [0.4, 0.5) is 4.39 Å². The summed E-state index contributed by atoms with van der Waals surface area (Å²) in [6, 6.07) is 6.29. The fraction of sp³-hybridized carbons (Fsp3) is 0.333. The van der Waals surface area contributed by atoms with Crippen LogP contribution in [-0.4, -0.2) is 13.1 Å². The molecular weight excluding hydrogens is 226 g/mol. The minimum Gasteiger partial charge on any atom is -0.330 e. The molecule has 0 saturated heterocycles. The van der Waals surface area contributed by atoms with E-state index in [4.69, 9.17) is 11.5 Å². The molecule has 0 aliphatic heterocycles. The van der Waals surface area contributed by atoms with Gasteiger partial charge in [0, 0.05) is 19.0 Å². The molecule has 0 amide bonds. The zero-order valence-corrected chi connectivity index (χ0v) is 9.28. The van der Waals surface area contributed by atoms with Crippen LogP contribution in [0.3, 0.4) is 0 Å². The topological polar surface area (TPSA) is 52.0 Å². The largest absolute Gasteiger partial charge is 0.330 e. The van der Waals surface area contributed by atoms with E-state index in [0.717, 1.165) is 5.56 Å². The van der Waals surface area contributed by atoms with Gasteiger partial charge in [-0.25, -0.2) is 4.39 Å². The molecule has 0 atom stereocenters. The highest BCUT2D eigenvalue weighted by molar-refractivity contribution is 5.85. The Morgan fingerprint density at radius 3 is 1.79 bits per heavy atom. The first-order valence-electron chi connectivity index (χ1n) is 3.93. The summed E-state index contributed by atoms with van der Waals surface area (Å²) in [5, 5.41) is 0. The van der Waals surface area contributed by atoms with Gasteiger partial charge < -0.3 is 11.5 Å². The van der Waals surface area contributed by atoms with E-state index in [1.165, 1.54) is 12.1 Å². The van der Waals surface area contributed by atoms with E-state index in [1.807, 2.05) is 0 Å². The van der Waals surface area contributed by atoms with Crippen molar-refractivity contribution in [3.8, 4) is 0 Å². The molecule has 0 aliphatic rings. The minimum absolute atomic E-state index is 0. The lowest BCUT2D eigenvalue weighted by Crippen LogP contribution is -2.21. The Labute approximate surface area is 95.7 Å². The zero-order valence-electron chi connectivity index (χ0n) is 7.65. The van der Waals surface area contributed by atoms with Gasteiger partial charge in [0.15, 0.2) is 0 Å². The van der Waals surface area contributed by atoms with Gasteiger partial charge in [0.1, 0.15) is 5.82 Å². The molecule has 1 rings (SSSR count). The molecule has 5 heteroatoms. The highest BCUT2D eigenvalue weighted by atomic mass is 35.5. The van der Waals surface area contributed by atoms with Gasteiger partial charge in [-0.05, 0) is 17.7 Å². The van der Waals surface area contributed by atoms with Crippen LogP contribution in [0, 0.1) is 5.82 Å². The van der Waals surface area contributed by atoms with E-state index >= 15 is 0 Å². The van der Waals surface area contributed by atoms with Crippen molar-refractivity contribution in [1.82, 2.24) is 0 Å². The number of benzene rings is 1.